The standard InChI is InChI=1S/C19H21NO4/c1-12-5-7-15(13(2)9-12)18(21)20-11-14-6-8-17(23-3)16(10-14)19(22)24-4/h5-10H,11H2,1-4H3,(H,20,21). The number of carbonyl (C=O) groups excluding carboxylic acids is 2. The molecule has 0 radical (unpaired) electrons. The molecule has 0 aliphatic heterocycles. The van der Waals surface area contributed by atoms with Crippen LogP contribution < -0.4 is 10.1 Å². The summed E-state index contributed by atoms with van der Waals surface area (Å²) in [6.45, 7) is 4.20. The van der Waals surface area contributed by atoms with Crippen LogP contribution in [0.4, 0.5) is 0 Å². The maximum atomic E-state index is 12.3. The number of hydrogen-bond acceptors (Lipinski definition) is 4. The summed E-state index contributed by atoms with van der Waals surface area (Å²) in [7, 11) is 2.81. The fourth-order valence-corrected chi connectivity index (χ4v) is 2.48. The summed E-state index contributed by atoms with van der Waals surface area (Å²) < 4.78 is 9.91. The number of rotatable bonds is 5. The van der Waals surface area contributed by atoms with E-state index in [-0.39, 0.29) is 5.91 Å². The number of amides is 1. The zero-order valence-corrected chi connectivity index (χ0v) is 14.3. The van der Waals surface area contributed by atoms with Gasteiger partial charge in [-0.25, -0.2) is 4.79 Å². The second-order valence-electron chi connectivity index (χ2n) is 5.53. The van der Waals surface area contributed by atoms with E-state index in [1.807, 2.05) is 32.0 Å². The Balaban J connectivity index is 2.14. The smallest absolute Gasteiger partial charge is 0.341 e. The molecule has 1 amide bonds. The Labute approximate surface area is 141 Å². The minimum Gasteiger partial charge on any atom is -0.496 e. The molecule has 0 saturated heterocycles. The summed E-state index contributed by atoms with van der Waals surface area (Å²) in [5.74, 6) is -0.191. The van der Waals surface area contributed by atoms with Gasteiger partial charge < -0.3 is 14.8 Å². The Kier molecular flexibility index (Phi) is 5.58. The largest absolute Gasteiger partial charge is 0.496 e. The number of benzene rings is 2. The number of nitrogens with one attached hydrogen (secondary N) is 1. The third-order valence-electron chi connectivity index (χ3n) is 3.75. The van der Waals surface area contributed by atoms with E-state index in [9.17, 15) is 9.59 Å². The molecule has 0 spiro atoms. The van der Waals surface area contributed by atoms with Crippen LogP contribution >= 0.6 is 0 Å². The van der Waals surface area contributed by atoms with Crippen molar-refractivity contribution < 1.29 is 19.1 Å². The van der Waals surface area contributed by atoms with Crippen molar-refractivity contribution in [1.82, 2.24) is 5.32 Å². The van der Waals surface area contributed by atoms with E-state index in [2.05, 4.69) is 5.32 Å². The van der Waals surface area contributed by atoms with Gasteiger partial charge in [-0.2, -0.15) is 0 Å². The Morgan fingerprint density at radius 3 is 2.38 bits per heavy atom. The minimum absolute atomic E-state index is 0.150. The van der Waals surface area contributed by atoms with Gasteiger partial charge in [-0.05, 0) is 43.2 Å². The van der Waals surface area contributed by atoms with Crippen LogP contribution in [0.5, 0.6) is 5.75 Å². The molecule has 0 fully saturated rings. The lowest BCUT2D eigenvalue weighted by molar-refractivity contribution is 0.0597. The highest BCUT2D eigenvalue weighted by Gasteiger charge is 2.14. The number of aryl methyl sites for hydroxylation is 2. The Morgan fingerprint density at radius 2 is 1.75 bits per heavy atom. The van der Waals surface area contributed by atoms with Crippen molar-refractivity contribution in [3.63, 3.8) is 0 Å². The first-order valence-electron chi connectivity index (χ1n) is 7.57. The molecule has 5 heteroatoms. The Morgan fingerprint density at radius 1 is 1.00 bits per heavy atom. The quantitative estimate of drug-likeness (QED) is 0.857. The van der Waals surface area contributed by atoms with Crippen molar-refractivity contribution in [2.24, 2.45) is 0 Å². The van der Waals surface area contributed by atoms with E-state index in [1.165, 1.54) is 14.2 Å². The van der Waals surface area contributed by atoms with Crippen LogP contribution in [-0.2, 0) is 11.3 Å². The van der Waals surface area contributed by atoms with Crippen molar-refractivity contribution in [1.29, 1.82) is 0 Å². The fourth-order valence-electron chi connectivity index (χ4n) is 2.48. The third-order valence-corrected chi connectivity index (χ3v) is 3.75. The Hall–Kier alpha value is -2.82. The van der Waals surface area contributed by atoms with Gasteiger partial charge in [-0.3, -0.25) is 4.79 Å². The molecule has 0 saturated carbocycles. The van der Waals surface area contributed by atoms with Gasteiger partial charge in [-0.15, -0.1) is 0 Å². The summed E-state index contributed by atoms with van der Waals surface area (Å²) in [5.41, 5.74) is 3.80. The molecule has 0 atom stereocenters. The number of hydrogen-bond donors (Lipinski definition) is 1. The maximum Gasteiger partial charge on any atom is 0.341 e. The van der Waals surface area contributed by atoms with Crippen LogP contribution in [0.15, 0.2) is 36.4 Å². The highest BCUT2D eigenvalue weighted by molar-refractivity contribution is 5.96. The van der Waals surface area contributed by atoms with Crippen LogP contribution in [0.25, 0.3) is 0 Å². The molecule has 0 heterocycles. The highest BCUT2D eigenvalue weighted by atomic mass is 16.5. The SMILES string of the molecule is COC(=O)c1cc(CNC(=O)c2ccc(C)cc2C)ccc1OC. The number of esters is 1. The van der Waals surface area contributed by atoms with Gasteiger partial charge in [0.2, 0.25) is 0 Å². The van der Waals surface area contributed by atoms with Crippen LogP contribution in [0.3, 0.4) is 0 Å². The number of ether oxygens (including phenoxy) is 2. The Bertz CT molecular complexity index is 768. The molecule has 0 aliphatic rings. The first-order valence-corrected chi connectivity index (χ1v) is 7.57. The molecule has 2 rings (SSSR count). The molecule has 0 aromatic heterocycles. The first-order chi connectivity index (χ1) is 11.5. The van der Waals surface area contributed by atoms with Crippen LogP contribution in [0.2, 0.25) is 0 Å². The summed E-state index contributed by atoms with van der Waals surface area (Å²) in [5, 5.41) is 2.87. The zero-order chi connectivity index (χ0) is 17.7. The van der Waals surface area contributed by atoms with Gasteiger partial charge in [0.1, 0.15) is 11.3 Å². The molecule has 0 unspecified atom stereocenters. The summed E-state index contributed by atoms with van der Waals surface area (Å²) in [6.07, 6.45) is 0. The summed E-state index contributed by atoms with van der Waals surface area (Å²) in [6, 6.07) is 10.8. The second-order valence-corrected chi connectivity index (χ2v) is 5.53. The normalized spacial score (nSPS) is 10.2. The van der Waals surface area contributed by atoms with Gasteiger partial charge in [0, 0.05) is 12.1 Å². The van der Waals surface area contributed by atoms with Crippen molar-refractivity contribution >= 4 is 11.9 Å². The van der Waals surface area contributed by atoms with Gasteiger partial charge >= 0.3 is 5.97 Å². The molecule has 24 heavy (non-hydrogen) atoms. The van der Waals surface area contributed by atoms with Gasteiger partial charge in [0.05, 0.1) is 14.2 Å². The molecule has 0 aliphatic carbocycles. The van der Waals surface area contributed by atoms with Crippen LogP contribution in [0.1, 0.15) is 37.4 Å². The molecule has 1 N–H and O–H groups in total. The van der Waals surface area contributed by atoms with Crippen molar-refractivity contribution in [2.75, 3.05) is 14.2 Å². The first kappa shape index (κ1) is 17.5. The predicted octanol–water partition coefficient (Wildman–Crippen LogP) is 3.03. The monoisotopic (exact) mass is 327 g/mol. The van der Waals surface area contributed by atoms with Crippen molar-refractivity contribution in [3.05, 3.63) is 64.2 Å². The molecule has 0 bridgehead atoms. The molecule has 126 valence electrons. The van der Waals surface area contributed by atoms with E-state index in [1.54, 1.807) is 18.2 Å². The van der Waals surface area contributed by atoms with Crippen LogP contribution in [0, 0.1) is 13.8 Å². The summed E-state index contributed by atoms with van der Waals surface area (Å²) in [4.78, 5) is 24.1. The molecular formula is C19H21NO4. The lowest BCUT2D eigenvalue weighted by Gasteiger charge is -2.11. The molecule has 2 aromatic rings. The van der Waals surface area contributed by atoms with E-state index < -0.39 is 5.97 Å². The lowest BCUT2D eigenvalue weighted by atomic mass is 10.0. The average molecular weight is 327 g/mol. The number of carbonyl (C=O) groups is 2. The van der Waals surface area contributed by atoms with Crippen LogP contribution in [-0.4, -0.2) is 26.1 Å². The second kappa shape index (κ2) is 7.64. The average Bonchev–Trinajstić information content (AvgIpc) is 2.58. The fraction of sp³-hybridized carbons (Fsp3) is 0.263. The van der Waals surface area contributed by atoms with Gasteiger partial charge in [0.25, 0.3) is 5.91 Å². The zero-order valence-electron chi connectivity index (χ0n) is 14.3. The van der Waals surface area contributed by atoms with Gasteiger partial charge in [0.15, 0.2) is 0 Å². The molecule has 5 nitrogen and oxygen atoms in total. The van der Waals surface area contributed by atoms with Crippen molar-refractivity contribution in [3.8, 4) is 5.75 Å². The van der Waals surface area contributed by atoms with E-state index >= 15 is 0 Å². The topological polar surface area (TPSA) is 64.6 Å². The number of methoxy groups -OCH3 is 2. The minimum atomic E-state index is -0.477. The van der Waals surface area contributed by atoms with Crippen molar-refractivity contribution in [2.45, 2.75) is 20.4 Å². The lowest BCUT2D eigenvalue weighted by Crippen LogP contribution is -2.23. The maximum absolute atomic E-state index is 12.3. The summed E-state index contributed by atoms with van der Waals surface area (Å²) >= 11 is 0. The molecular weight excluding hydrogens is 306 g/mol. The third kappa shape index (κ3) is 3.93. The predicted molar refractivity (Wildman–Crippen MR) is 91.4 cm³/mol. The van der Waals surface area contributed by atoms with Gasteiger partial charge in [-0.1, -0.05) is 23.8 Å². The highest BCUT2D eigenvalue weighted by Crippen LogP contribution is 2.21. The van der Waals surface area contributed by atoms with E-state index in [4.69, 9.17) is 9.47 Å². The molecule has 2 aromatic carbocycles. The van der Waals surface area contributed by atoms with E-state index in [0.717, 1.165) is 16.7 Å². The van der Waals surface area contributed by atoms with E-state index in [0.29, 0.717) is 23.4 Å².